The quantitative estimate of drug-likeness (QED) is 0.542. The van der Waals surface area contributed by atoms with Crippen LogP contribution in [0.4, 0.5) is 4.39 Å². The Kier molecular flexibility index (Phi) is 5.47. The maximum atomic E-state index is 14.9. The van der Waals surface area contributed by atoms with Crippen LogP contribution in [0.5, 0.6) is 17.2 Å². The van der Waals surface area contributed by atoms with Gasteiger partial charge >= 0.3 is 5.97 Å². The standard InChI is InChI=1S/C24H21FO4/c25-21-15-23(29-19-11-16(12-19)13-24(26)27)22(28-18-9-5-2-6-10-18)14-20(21)17-7-3-1-4-8-17/h1-10,14-16,19H,11-13H2,(H,26,27)/t16-,19-. The number of carbonyl (C=O) groups is 1. The molecule has 3 aromatic rings. The highest BCUT2D eigenvalue weighted by molar-refractivity contribution is 5.68. The van der Waals surface area contributed by atoms with Crippen LogP contribution in [-0.2, 0) is 4.79 Å². The van der Waals surface area contributed by atoms with Crippen LogP contribution in [0.15, 0.2) is 72.8 Å². The molecule has 1 saturated carbocycles. The first kappa shape index (κ1) is 19.0. The highest BCUT2D eigenvalue weighted by atomic mass is 19.1. The molecule has 0 spiro atoms. The average Bonchev–Trinajstić information content (AvgIpc) is 2.69. The van der Waals surface area contributed by atoms with Crippen molar-refractivity contribution >= 4 is 5.97 Å². The number of ether oxygens (including phenoxy) is 2. The number of hydrogen-bond acceptors (Lipinski definition) is 3. The number of carboxylic acids is 1. The number of rotatable bonds is 7. The van der Waals surface area contributed by atoms with E-state index in [-0.39, 0.29) is 18.4 Å². The maximum absolute atomic E-state index is 14.9. The van der Waals surface area contributed by atoms with Gasteiger partial charge in [-0.3, -0.25) is 4.79 Å². The summed E-state index contributed by atoms with van der Waals surface area (Å²) in [5.74, 6) is 0.278. The molecule has 0 aliphatic heterocycles. The second kappa shape index (κ2) is 8.35. The summed E-state index contributed by atoms with van der Waals surface area (Å²) < 4.78 is 26.8. The number of aliphatic carboxylic acids is 1. The zero-order valence-corrected chi connectivity index (χ0v) is 15.8. The van der Waals surface area contributed by atoms with Gasteiger partial charge in [-0.1, -0.05) is 48.5 Å². The summed E-state index contributed by atoms with van der Waals surface area (Å²) in [6.07, 6.45) is 1.27. The van der Waals surface area contributed by atoms with Gasteiger partial charge in [0, 0.05) is 18.1 Å². The summed E-state index contributed by atoms with van der Waals surface area (Å²) in [7, 11) is 0. The molecule has 1 aliphatic rings. The lowest BCUT2D eigenvalue weighted by Gasteiger charge is -2.34. The number of para-hydroxylation sites is 1. The molecule has 0 bridgehead atoms. The van der Waals surface area contributed by atoms with Gasteiger partial charge in [-0.05, 0) is 42.5 Å². The van der Waals surface area contributed by atoms with Crippen molar-refractivity contribution in [2.45, 2.75) is 25.4 Å². The molecule has 0 radical (unpaired) electrons. The number of benzene rings is 3. The van der Waals surface area contributed by atoms with Crippen LogP contribution in [-0.4, -0.2) is 17.2 Å². The highest BCUT2D eigenvalue weighted by Crippen LogP contribution is 2.41. The molecule has 0 unspecified atom stereocenters. The van der Waals surface area contributed by atoms with E-state index in [4.69, 9.17) is 14.6 Å². The Morgan fingerprint density at radius 3 is 2.28 bits per heavy atom. The van der Waals surface area contributed by atoms with E-state index in [9.17, 15) is 9.18 Å². The van der Waals surface area contributed by atoms with E-state index in [0.717, 1.165) is 5.56 Å². The minimum absolute atomic E-state index is 0.101. The summed E-state index contributed by atoms with van der Waals surface area (Å²) in [6.45, 7) is 0. The van der Waals surface area contributed by atoms with Crippen molar-refractivity contribution in [3.63, 3.8) is 0 Å². The normalized spacial score (nSPS) is 18.0. The van der Waals surface area contributed by atoms with Gasteiger partial charge in [0.05, 0.1) is 6.10 Å². The highest BCUT2D eigenvalue weighted by Gasteiger charge is 2.33. The van der Waals surface area contributed by atoms with Crippen molar-refractivity contribution in [3.05, 3.63) is 78.6 Å². The lowest BCUT2D eigenvalue weighted by Crippen LogP contribution is -2.35. The summed E-state index contributed by atoms with van der Waals surface area (Å²) in [6, 6.07) is 21.5. The third-order valence-electron chi connectivity index (χ3n) is 5.04. The van der Waals surface area contributed by atoms with Gasteiger partial charge in [-0.15, -0.1) is 0 Å². The Morgan fingerprint density at radius 2 is 1.62 bits per heavy atom. The Bertz CT molecular complexity index is 983. The molecular weight excluding hydrogens is 371 g/mol. The summed E-state index contributed by atoms with van der Waals surface area (Å²) >= 11 is 0. The molecule has 5 heteroatoms. The smallest absolute Gasteiger partial charge is 0.303 e. The average molecular weight is 392 g/mol. The second-order valence-corrected chi connectivity index (χ2v) is 7.24. The van der Waals surface area contributed by atoms with Crippen molar-refractivity contribution in [2.24, 2.45) is 5.92 Å². The fourth-order valence-electron chi connectivity index (χ4n) is 3.53. The lowest BCUT2D eigenvalue weighted by molar-refractivity contribution is -0.139. The van der Waals surface area contributed by atoms with Crippen LogP contribution < -0.4 is 9.47 Å². The second-order valence-electron chi connectivity index (χ2n) is 7.24. The van der Waals surface area contributed by atoms with Crippen molar-refractivity contribution in [3.8, 4) is 28.4 Å². The molecule has 0 heterocycles. The van der Waals surface area contributed by atoms with Crippen LogP contribution in [0.25, 0.3) is 11.1 Å². The van der Waals surface area contributed by atoms with E-state index < -0.39 is 11.8 Å². The predicted octanol–water partition coefficient (Wildman–Crippen LogP) is 5.92. The molecule has 148 valence electrons. The van der Waals surface area contributed by atoms with Crippen molar-refractivity contribution < 1.29 is 23.8 Å². The Hall–Kier alpha value is -3.34. The Balaban J connectivity index is 1.61. The van der Waals surface area contributed by atoms with Crippen LogP contribution >= 0.6 is 0 Å². The molecule has 4 rings (SSSR count). The van der Waals surface area contributed by atoms with E-state index in [1.165, 1.54) is 6.07 Å². The number of hydrogen-bond donors (Lipinski definition) is 1. The first-order valence-corrected chi connectivity index (χ1v) is 9.59. The molecule has 29 heavy (non-hydrogen) atoms. The van der Waals surface area contributed by atoms with Crippen molar-refractivity contribution in [2.75, 3.05) is 0 Å². The fourth-order valence-corrected chi connectivity index (χ4v) is 3.53. The van der Waals surface area contributed by atoms with Gasteiger partial charge in [0.1, 0.15) is 11.6 Å². The Morgan fingerprint density at radius 1 is 0.966 bits per heavy atom. The monoisotopic (exact) mass is 392 g/mol. The topological polar surface area (TPSA) is 55.8 Å². The van der Waals surface area contributed by atoms with Crippen LogP contribution in [0.3, 0.4) is 0 Å². The van der Waals surface area contributed by atoms with E-state index in [2.05, 4.69) is 0 Å². The molecule has 1 fully saturated rings. The van der Waals surface area contributed by atoms with Gasteiger partial charge < -0.3 is 14.6 Å². The van der Waals surface area contributed by atoms with Crippen LogP contribution in [0.2, 0.25) is 0 Å². The lowest BCUT2D eigenvalue weighted by atomic mass is 9.80. The molecule has 1 aliphatic carbocycles. The number of carboxylic acid groups (broad SMARTS) is 1. The summed E-state index contributed by atoms with van der Waals surface area (Å²) in [4.78, 5) is 10.8. The third kappa shape index (κ3) is 4.57. The van der Waals surface area contributed by atoms with E-state index >= 15 is 0 Å². The van der Waals surface area contributed by atoms with E-state index in [1.807, 2.05) is 60.7 Å². The first-order chi connectivity index (χ1) is 14.1. The molecule has 0 aromatic heterocycles. The molecule has 4 nitrogen and oxygen atoms in total. The van der Waals surface area contributed by atoms with Crippen LogP contribution in [0, 0.1) is 11.7 Å². The van der Waals surface area contributed by atoms with E-state index in [1.54, 1.807) is 6.07 Å². The van der Waals surface area contributed by atoms with Crippen molar-refractivity contribution in [1.29, 1.82) is 0 Å². The van der Waals surface area contributed by atoms with Gasteiger partial charge in [0.15, 0.2) is 11.5 Å². The van der Waals surface area contributed by atoms with E-state index in [0.29, 0.717) is 35.7 Å². The fraction of sp³-hybridized carbons (Fsp3) is 0.208. The van der Waals surface area contributed by atoms with Gasteiger partial charge in [0.25, 0.3) is 0 Å². The van der Waals surface area contributed by atoms with Crippen molar-refractivity contribution in [1.82, 2.24) is 0 Å². The molecule has 1 N–H and O–H groups in total. The summed E-state index contributed by atoms with van der Waals surface area (Å²) in [5.41, 5.74) is 1.18. The predicted molar refractivity (Wildman–Crippen MR) is 108 cm³/mol. The largest absolute Gasteiger partial charge is 0.486 e. The minimum atomic E-state index is -0.806. The molecule has 0 atom stereocenters. The summed E-state index contributed by atoms with van der Waals surface area (Å²) in [5, 5.41) is 8.90. The maximum Gasteiger partial charge on any atom is 0.303 e. The van der Waals surface area contributed by atoms with Crippen LogP contribution in [0.1, 0.15) is 19.3 Å². The van der Waals surface area contributed by atoms with Gasteiger partial charge in [-0.2, -0.15) is 0 Å². The van der Waals surface area contributed by atoms with Gasteiger partial charge in [0.2, 0.25) is 0 Å². The molecule has 0 saturated heterocycles. The molecule has 3 aromatic carbocycles. The zero-order chi connectivity index (χ0) is 20.2. The third-order valence-corrected chi connectivity index (χ3v) is 5.04. The first-order valence-electron chi connectivity index (χ1n) is 9.59. The number of halogens is 1. The minimum Gasteiger partial charge on any atom is -0.486 e. The zero-order valence-electron chi connectivity index (χ0n) is 15.8. The Labute approximate surface area is 168 Å². The molecule has 0 amide bonds. The SMILES string of the molecule is O=C(O)C[C@H]1C[C@H](Oc2cc(F)c(-c3ccccc3)cc2Oc2ccccc2)C1. The molecular formula is C24H21FO4. The van der Waals surface area contributed by atoms with Gasteiger partial charge in [-0.25, -0.2) is 4.39 Å².